The first kappa shape index (κ1) is 17.4. The molecule has 1 fully saturated rings. The summed E-state index contributed by atoms with van der Waals surface area (Å²) in [5, 5.41) is 6.65. The van der Waals surface area contributed by atoms with Crippen LogP contribution < -0.4 is 10.6 Å². The van der Waals surface area contributed by atoms with Crippen molar-refractivity contribution in [1.29, 1.82) is 0 Å². The van der Waals surface area contributed by atoms with Crippen LogP contribution in [0.5, 0.6) is 0 Å². The van der Waals surface area contributed by atoms with E-state index in [1.807, 2.05) is 31.3 Å². The molecule has 1 aliphatic rings. The standard InChI is InChI=1S/C19H24N4O2/c1-20-18(24)11-15-6-7-16(23(15)2)12-22-19(25)14-5-8-17-13(10-14)4-3-9-21-17/h3-5,8-10,15-16H,6-7,11-12H2,1-2H3,(H,20,24)(H,22,25)/t15-,16+/m1/s1. The number of pyridine rings is 1. The summed E-state index contributed by atoms with van der Waals surface area (Å²) in [7, 11) is 3.69. The number of benzene rings is 1. The van der Waals surface area contributed by atoms with E-state index in [2.05, 4.69) is 20.5 Å². The quantitative estimate of drug-likeness (QED) is 0.866. The van der Waals surface area contributed by atoms with Crippen molar-refractivity contribution >= 4 is 22.7 Å². The Morgan fingerprint density at radius 3 is 2.84 bits per heavy atom. The maximum atomic E-state index is 12.4. The Kier molecular flexibility index (Phi) is 5.28. The van der Waals surface area contributed by atoms with Gasteiger partial charge in [-0.15, -0.1) is 0 Å². The van der Waals surface area contributed by atoms with Gasteiger partial charge in [0.1, 0.15) is 0 Å². The molecule has 132 valence electrons. The Balaban J connectivity index is 1.57. The van der Waals surface area contributed by atoms with Crippen LogP contribution in [0.25, 0.3) is 10.9 Å². The topological polar surface area (TPSA) is 74.3 Å². The summed E-state index contributed by atoms with van der Waals surface area (Å²) in [5.41, 5.74) is 1.52. The Labute approximate surface area is 147 Å². The van der Waals surface area contributed by atoms with Crippen LogP contribution in [-0.2, 0) is 4.79 Å². The fourth-order valence-electron chi connectivity index (χ4n) is 3.43. The van der Waals surface area contributed by atoms with Crippen molar-refractivity contribution < 1.29 is 9.59 Å². The molecule has 0 spiro atoms. The van der Waals surface area contributed by atoms with Gasteiger partial charge in [-0.2, -0.15) is 0 Å². The molecule has 2 atom stereocenters. The number of hydrogen-bond acceptors (Lipinski definition) is 4. The van der Waals surface area contributed by atoms with Gasteiger partial charge in [0.15, 0.2) is 0 Å². The molecular weight excluding hydrogens is 316 g/mol. The molecule has 0 unspecified atom stereocenters. The van der Waals surface area contributed by atoms with E-state index in [9.17, 15) is 9.59 Å². The number of nitrogens with one attached hydrogen (secondary N) is 2. The van der Waals surface area contributed by atoms with E-state index < -0.39 is 0 Å². The van der Waals surface area contributed by atoms with Crippen molar-refractivity contribution in [2.45, 2.75) is 31.3 Å². The van der Waals surface area contributed by atoms with Crippen LogP contribution in [-0.4, -0.2) is 54.4 Å². The number of nitrogens with zero attached hydrogens (tertiary/aromatic N) is 2. The van der Waals surface area contributed by atoms with E-state index >= 15 is 0 Å². The molecule has 1 aliphatic heterocycles. The van der Waals surface area contributed by atoms with Crippen LogP contribution in [0, 0.1) is 0 Å². The first-order valence-electron chi connectivity index (χ1n) is 8.64. The molecule has 2 amide bonds. The Bertz CT molecular complexity index is 777. The van der Waals surface area contributed by atoms with Crippen LogP contribution in [0.4, 0.5) is 0 Å². The van der Waals surface area contributed by atoms with Gasteiger partial charge in [-0.05, 0) is 44.2 Å². The molecule has 25 heavy (non-hydrogen) atoms. The highest BCUT2D eigenvalue weighted by Crippen LogP contribution is 2.24. The van der Waals surface area contributed by atoms with Crippen LogP contribution in [0.15, 0.2) is 36.5 Å². The monoisotopic (exact) mass is 340 g/mol. The second-order valence-electron chi connectivity index (χ2n) is 6.55. The van der Waals surface area contributed by atoms with Crippen molar-refractivity contribution in [3.05, 3.63) is 42.1 Å². The lowest BCUT2D eigenvalue weighted by Crippen LogP contribution is -2.42. The van der Waals surface area contributed by atoms with E-state index in [0.717, 1.165) is 23.7 Å². The van der Waals surface area contributed by atoms with Crippen molar-refractivity contribution in [3.63, 3.8) is 0 Å². The summed E-state index contributed by atoms with van der Waals surface area (Å²) < 4.78 is 0. The van der Waals surface area contributed by atoms with E-state index in [-0.39, 0.29) is 23.9 Å². The molecule has 3 rings (SSSR count). The highest BCUT2D eigenvalue weighted by molar-refractivity contribution is 5.97. The highest BCUT2D eigenvalue weighted by Gasteiger charge is 2.31. The zero-order valence-electron chi connectivity index (χ0n) is 14.7. The smallest absolute Gasteiger partial charge is 0.251 e. The largest absolute Gasteiger partial charge is 0.359 e. The van der Waals surface area contributed by atoms with Gasteiger partial charge >= 0.3 is 0 Å². The van der Waals surface area contributed by atoms with Gasteiger partial charge in [-0.3, -0.25) is 19.5 Å². The molecule has 0 aliphatic carbocycles. The molecule has 1 saturated heterocycles. The van der Waals surface area contributed by atoms with E-state index in [0.29, 0.717) is 18.5 Å². The normalized spacial score (nSPS) is 20.6. The zero-order valence-corrected chi connectivity index (χ0v) is 14.7. The van der Waals surface area contributed by atoms with Crippen LogP contribution in [0.3, 0.4) is 0 Å². The van der Waals surface area contributed by atoms with Gasteiger partial charge in [0.05, 0.1) is 5.52 Å². The number of aromatic nitrogens is 1. The molecule has 2 aromatic rings. The van der Waals surface area contributed by atoms with Gasteiger partial charge < -0.3 is 10.6 Å². The molecule has 0 saturated carbocycles. The predicted molar refractivity (Wildman–Crippen MR) is 97.3 cm³/mol. The van der Waals surface area contributed by atoms with E-state index in [1.165, 1.54) is 0 Å². The molecule has 1 aromatic carbocycles. The number of likely N-dealkylation sites (tertiary alicyclic amines) is 1. The fourth-order valence-corrected chi connectivity index (χ4v) is 3.43. The minimum absolute atomic E-state index is 0.0614. The number of likely N-dealkylation sites (N-methyl/N-ethyl adjacent to an activating group) is 1. The maximum absolute atomic E-state index is 12.4. The van der Waals surface area contributed by atoms with Gasteiger partial charge in [-0.1, -0.05) is 6.07 Å². The lowest BCUT2D eigenvalue weighted by Gasteiger charge is -2.25. The third kappa shape index (κ3) is 3.96. The van der Waals surface area contributed by atoms with Crippen molar-refractivity contribution in [2.75, 3.05) is 20.6 Å². The molecule has 6 heteroatoms. The summed E-state index contributed by atoms with van der Waals surface area (Å²) in [6.07, 6.45) is 4.22. The second kappa shape index (κ2) is 7.61. The first-order chi connectivity index (χ1) is 12.1. The number of rotatable bonds is 5. The fraction of sp³-hybridized carbons (Fsp3) is 0.421. The van der Waals surface area contributed by atoms with Crippen molar-refractivity contribution in [3.8, 4) is 0 Å². The van der Waals surface area contributed by atoms with Crippen molar-refractivity contribution in [2.24, 2.45) is 0 Å². The maximum Gasteiger partial charge on any atom is 0.251 e. The predicted octanol–water partition coefficient (Wildman–Crippen LogP) is 1.56. The SMILES string of the molecule is CNC(=O)C[C@H]1CC[C@@H](CNC(=O)c2ccc3ncccc3c2)N1C. The first-order valence-corrected chi connectivity index (χ1v) is 8.64. The number of carbonyl (C=O) groups is 2. The Morgan fingerprint density at radius 2 is 2.04 bits per heavy atom. The lowest BCUT2D eigenvalue weighted by atomic mass is 10.1. The molecule has 6 nitrogen and oxygen atoms in total. The summed E-state index contributed by atoms with van der Waals surface area (Å²) in [6.45, 7) is 0.588. The van der Waals surface area contributed by atoms with Gasteiger partial charge in [0.2, 0.25) is 5.91 Å². The molecule has 0 bridgehead atoms. The molecule has 2 heterocycles. The molecule has 2 N–H and O–H groups in total. The number of hydrogen-bond donors (Lipinski definition) is 2. The number of fused-ring (bicyclic) bond motifs is 1. The van der Waals surface area contributed by atoms with Gasteiger partial charge in [0.25, 0.3) is 5.91 Å². The van der Waals surface area contributed by atoms with Crippen LogP contribution in [0.2, 0.25) is 0 Å². The Hall–Kier alpha value is -2.47. The van der Waals surface area contributed by atoms with Crippen LogP contribution >= 0.6 is 0 Å². The summed E-state index contributed by atoms with van der Waals surface area (Å²) in [5.74, 6) is -0.0137. The Morgan fingerprint density at radius 1 is 1.24 bits per heavy atom. The summed E-state index contributed by atoms with van der Waals surface area (Å²) in [6, 6.07) is 9.86. The molecular formula is C19H24N4O2. The molecule has 0 radical (unpaired) electrons. The third-order valence-electron chi connectivity index (χ3n) is 5.05. The number of carbonyl (C=O) groups excluding carboxylic acids is 2. The summed E-state index contributed by atoms with van der Waals surface area (Å²) in [4.78, 5) is 30.5. The van der Waals surface area contributed by atoms with Gasteiger partial charge in [0, 0.05) is 49.2 Å². The summed E-state index contributed by atoms with van der Waals surface area (Å²) >= 11 is 0. The number of amides is 2. The van der Waals surface area contributed by atoms with E-state index in [1.54, 1.807) is 19.3 Å². The van der Waals surface area contributed by atoms with E-state index in [4.69, 9.17) is 0 Å². The molecule has 1 aromatic heterocycles. The van der Waals surface area contributed by atoms with Crippen LogP contribution in [0.1, 0.15) is 29.6 Å². The van der Waals surface area contributed by atoms with Crippen molar-refractivity contribution in [1.82, 2.24) is 20.5 Å². The lowest BCUT2D eigenvalue weighted by molar-refractivity contribution is -0.121. The average molecular weight is 340 g/mol. The highest BCUT2D eigenvalue weighted by atomic mass is 16.2. The average Bonchev–Trinajstić information content (AvgIpc) is 2.98. The zero-order chi connectivity index (χ0) is 17.8. The second-order valence-corrected chi connectivity index (χ2v) is 6.55. The minimum Gasteiger partial charge on any atom is -0.359 e. The van der Waals surface area contributed by atoms with Gasteiger partial charge in [-0.25, -0.2) is 0 Å². The minimum atomic E-state index is -0.0751. The third-order valence-corrected chi connectivity index (χ3v) is 5.05.